The molecular weight excluding hydrogens is 348 g/mol. The van der Waals surface area contributed by atoms with Crippen LogP contribution in [-0.4, -0.2) is 40.3 Å². The number of pyridine rings is 1. The smallest absolute Gasteiger partial charge is 0.169 e. The van der Waals surface area contributed by atoms with E-state index in [1.165, 1.54) is 11.5 Å². The van der Waals surface area contributed by atoms with E-state index in [4.69, 9.17) is 25.8 Å². The number of ether oxygens (including phenoxy) is 1. The number of hydrogen-bond acceptors (Lipinski definition) is 7. The molecule has 3 aromatic rings. The van der Waals surface area contributed by atoms with Gasteiger partial charge in [0.05, 0.1) is 29.6 Å². The molecule has 6 nitrogen and oxygen atoms in total. The van der Waals surface area contributed by atoms with Gasteiger partial charge in [0.25, 0.3) is 0 Å². The van der Waals surface area contributed by atoms with Crippen LogP contribution in [0.2, 0.25) is 5.15 Å². The number of aromatic nitrogens is 3. The molecule has 0 spiro atoms. The van der Waals surface area contributed by atoms with Gasteiger partial charge in [0, 0.05) is 17.7 Å². The fraction of sp³-hybridized carbons (Fsp3) is 0.438. The molecule has 0 amide bonds. The largest absolute Gasteiger partial charge is 0.377 e. The fourth-order valence-corrected chi connectivity index (χ4v) is 4.19. The lowest BCUT2D eigenvalue weighted by Gasteiger charge is -2.34. The number of rotatable bonds is 2. The summed E-state index contributed by atoms with van der Waals surface area (Å²) in [7, 11) is 0. The van der Waals surface area contributed by atoms with Gasteiger partial charge in [0.2, 0.25) is 0 Å². The number of fused-ring (bicyclic) bond motifs is 1. The first-order chi connectivity index (χ1) is 11.6. The van der Waals surface area contributed by atoms with Gasteiger partial charge in [-0.15, -0.1) is 0 Å². The Labute approximate surface area is 148 Å². The minimum Gasteiger partial charge on any atom is -0.377 e. The lowest BCUT2D eigenvalue weighted by Crippen LogP contribution is -2.44. The van der Waals surface area contributed by atoms with E-state index in [2.05, 4.69) is 27.4 Å². The molecule has 3 aromatic heterocycles. The van der Waals surface area contributed by atoms with Crippen molar-refractivity contribution in [1.29, 1.82) is 0 Å². The lowest BCUT2D eigenvalue weighted by atomic mass is 10.0. The molecule has 8 heteroatoms. The minimum absolute atomic E-state index is 0.256. The number of nitrogens with zero attached hydrogens (tertiary/aromatic N) is 4. The lowest BCUT2D eigenvalue weighted by molar-refractivity contribution is 0.0986. The molecule has 0 N–H and O–H groups in total. The van der Waals surface area contributed by atoms with Crippen LogP contribution >= 0.6 is 23.1 Å². The quantitative estimate of drug-likeness (QED) is 0.688. The molecule has 1 aliphatic heterocycles. The molecule has 0 aliphatic carbocycles. The van der Waals surface area contributed by atoms with Crippen molar-refractivity contribution in [3.63, 3.8) is 0 Å². The van der Waals surface area contributed by atoms with Crippen LogP contribution in [-0.2, 0) is 4.74 Å². The van der Waals surface area contributed by atoms with Crippen LogP contribution in [0.15, 0.2) is 10.6 Å². The molecule has 0 unspecified atom stereocenters. The van der Waals surface area contributed by atoms with Crippen LogP contribution in [0.3, 0.4) is 0 Å². The molecule has 126 valence electrons. The number of anilines is 1. The Morgan fingerprint density at radius 3 is 2.92 bits per heavy atom. The Kier molecular flexibility index (Phi) is 3.94. The number of halogens is 1. The third kappa shape index (κ3) is 2.47. The Morgan fingerprint density at radius 2 is 2.21 bits per heavy atom. The van der Waals surface area contributed by atoms with E-state index >= 15 is 0 Å². The second-order valence-corrected chi connectivity index (χ2v) is 7.13. The highest BCUT2D eigenvalue weighted by Gasteiger charge is 2.25. The van der Waals surface area contributed by atoms with Crippen molar-refractivity contribution < 1.29 is 9.26 Å². The number of hydrogen-bond donors (Lipinski definition) is 0. The molecule has 1 aliphatic rings. The zero-order chi connectivity index (χ0) is 16.8. The van der Waals surface area contributed by atoms with Gasteiger partial charge >= 0.3 is 0 Å². The van der Waals surface area contributed by atoms with Crippen molar-refractivity contribution in [3.8, 4) is 11.1 Å². The molecule has 4 heterocycles. The SMILES string of the molecule is Cc1noc(C)c1-c1cc(N2CCOC[C@H]2C)nc2c(Cl)nsc12. The maximum Gasteiger partial charge on any atom is 0.169 e. The maximum atomic E-state index is 6.29. The van der Waals surface area contributed by atoms with Gasteiger partial charge in [0.1, 0.15) is 17.1 Å². The molecule has 0 saturated carbocycles. The highest BCUT2D eigenvalue weighted by atomic mass is 35.5. The monoisotopic (exact) mass is 364 g/mol. The predicted octanol–water partition coefficient (Wildman–Crippen LogP) is 3.84. The summed E-state index contributed by atoms with van der Waals surface area (Å²) >= 11 is 7.64. The van der Waals surface area contributed by atoms with Crippen molar-refractivity contribution in [2.24, 2.45) is 0 Å². The zero-order valence-electron chi connectivity index (χ0n) is 13.7. The summed E-state index contributed by atoms with van der Waals surface area (Å²) in [5.74, 6) is 1.67. The van der Waals surface area contributed by atoms with Crippen LogP contribution in [0.5, 0.6) is 0 Å². The van der Waals surface area contributed by atoms with Gasteiger partial charge in [-0.1, -0.05) is 16.8 Å². The molecule has 4 rings (SSSR count). The van der Waals surface area contributed by atoms with E-state index in [1.807, 2.05) is 13.8 Å². The van der Waals surface area contributed by atoms with Crippen LogP contribution < -0.4 is 4.90 Å². The van der Waals surface area contributed by atoms with E-state index < -0.39 is 0 Å². The number of aryl methyl sites for hydroxylation is 2. The number of morpholine rings is 1. The summed E-state index contributed by atoms with van der Waals surface area (Å²) < 4.78 is 16.1. The highest BCUT2D eigenvalue weighted by Crippen LogP contribution is 2.39. The first kappa shape index (κ1) is 15.8. The molecule has 24 heavy (non-hydrogen) atoms. The summed E-state index contributed by atoms with van der Waals surface area (Å²) in [6.45, 7) is 8.18. The summed E-state index contributed by atoms with van der Waals surface area (Å²) in [5.41, 5.74) is 3.59. The Hall–Kier alpha value is -1.70. The van der Waals surface area contributed by atoms with Gasteiger partial charge in [-0.2, -0.15) is 4.37 Å². The highest BCUT2D eigenvalue weighted by molar-refractivity contribution is 7.14. The molecule has 0 radical (unpaired) electrons. The molecule has 0 aromatic carbocycles. The van der Waals surface area contributed by atoms with E-state index in [1.54, 1.807) is 0 Å². The standard InChI is InChI=1S/C16H17ClN4O2S/c1-8-7-22-5-4-21(8)12-6-11(13-9(2)19-23-10(13)3)15-14(18-12)16(17)20-24-15/h6,8H,4-5,7H2,1-3H3/t8-/m1/s1. The second-order valence-electron chi connectivity index (χ2n) is 6.00. The summed E-state index contributed by atoms with van der Waals surface area (Å²) in [4.78, 5) is 7.02. The van der Waals surface area contributed by atoms with E-state index in [0.29, 0.717) is 18.4 Å². The summed E-state index contributed by atoms with van der Waals surface area (Å²) in [5, 5.41) is 4.52. The van der Waals surface area contributed by atoms with Gasteiger partial charge in [-0.25, -0.2) is 4.98 Å². The minimum atomic E-state index is 0.256. The fourth-order valence-electron chi connectivity index (χ4n) is 3.15. The van der Waals surface area contributed by atoms with E-state index in [9.17, 15) is 0 Å². The molecular formula is C16H17ClN4O2S. The van der Waals surface area contributed by atoms with Crippen LogP contribution in [0.4, 0.5) is 5.82 Å². The average Bonchev–Trinajstić information content (AvgIpc) is 3.10. The normalized spacial score (nSPS) is 18.5. The van der Waals surface area contributed by atoms with Crippen LogP contribution in [0.1, 0.15) is 18.4 Å². The van der Waals surface area contributed by atoms with Crippen LogP contribution in [0.25, 0.3) is 21.3 Å². The second kappa shape index (κ2) is 5.98. The zero-order valence-corrected chi connectivity index (χ0v) is 15.2. The Bertz CT molecular complexity index is 887. The van der Waals surface area contributed by atoms with Gasteiger partial charge < -0.3 is 14.2 Å². The van der Waals surface area contributed by atoms with Gasteiger partial charge in [-0.05, 0) is 38.4 Å². The predicted molar refractivity (Wildman–Crippen MR) is 95.0 cm³/mol. The Balaban J connectivity index is 1.95. The molecule has 0 bridgehead atoms. The van der Waals surface area contributed by atoms with Crippen molar-refractivity contribution in [2.75, 3.05) is 24.7 Å². The van der Waals surface area contributed by atoms with Gasteiger partial charge in [0.15, 0.2) is 5.15 Å². The van der Waals surface area contributed by atoms with Crippen molar-refractivity contribution >= 4 is 39.2 Å². The van der Waals surface area contributed by atoms with E-state index in [-0.39, 0.29) is 6.04 Å². The Morgan fingerprint density at radius 1 is 1.38 bits per heavy atom. The van der Waals surface area contributed by atoms with Crippen LogP contribution in [0, 0.1) is 13.8 Å². The molecule has 1 atom stereocenters. The third-order valence-electron chi connectivity index (χ3n) is 4.34. The maximum absolute atomic E-state index is 6.29. The van der Waals surface area contributed by atoms with Gasteiger partial charge in [-0.3, -0.25) is 0 Å². The third-order valence-corrected chi connectivity index (χ3v) is 5.57. The first-order valence-corrected chi connectivity index (χ1v) is 8.95. The topological polar surface area (TPSA) is 64.3 Å². The van der Waals surface area contributed by atoms with Crippen molar-refractivity contribution in [3.05, 3.63) is 22.7 Å². The summed E-state index contributed by atoms with van der Waals surface area (Å²) in [6.07, 6.45) is 0. The molecule has 1 saturated heterocycles. The average molecular weight is 365 g/mol. The molecule has 1 fully saturated rings. The van der Waals surface area contributed by atoms with Crippen molar-refractivity contribution in [2.45, 2.75) is 26.8 Å². The van der Waals surface area contributed by atoms with E-state index in [0.717, 1.165) is 45.2 Å². The summed E-state index contributed by atoms with van der Waals surface area (Å²) in [6, 6.07) is 2.34. The first-order valence-electron chi connectivity index (χ1n) is 7.80. The van der Waals surface area contributed by atoms with Crippen molar-refractivity contribution in [1.82, 2.24) is 14.5 Å².